The van der Waals surface area contributed by atoms with E-state index >= 15 is 0 Å². The smallest absolute Gasteiger partial charge is 0.210 e. The molecule has 0 fully saturated rings. The summed E-state index contributed by atoms with van der Waals surface area (Å²) in [5, 5.41) is 0.635. The maximum absolute atomic E-state index is 13.0. The molecule has 15 heavy (non-hydrogen) atoms. The van der Waals surface area contributed by atoms with E-state index in [1.165, 1.54) is 18.2 Å². The van der Waals surface area contributed by atoms with Gasteiger partial charge in [0.25, 0.3) is 16.1 Å². The summed E-state index contributed by atoms with van der Waals surface area (Å²) < 4.78 is 37.3. The maximum Gasteiger partial charge on any atom is 0.285 e. The summed E-state index contributed by atoms with van der Waals surface area (Å²) in [6.07, 6.45) is 1.92. The van der Waals surface area contributed by atoms with Gasteiger partial charge in [-0.1, -0.05) is 22.6 Å². The minimum absolute atomic E-state index is 0.0992. The van der Waals surface area contributed by atoms with E-state index in [4.69, 9.17) is 0 Å². The zero-order chi connectivity index (χ0) is 11.3. The van der Waals surface area contributed by atoms with Crippen LogP contribution in [0.3, 0.4) is 0 Å². The number of nitrogens with zero attached hydrogens (tertiary/aromatic N) is 1. The molecule has 0 saturated heterocycles. The first-order chi connectivity index (χ1) is 7.05. The van der Waals surface area contributed by atoms with E-state index in [0.717, 1.165) is 12.2 Å². The van der Waals surface area contributed by atoms with Gasteiger partial charge in [0, 0.05) is 5.56 Å². The number of rotatable bonds is 3. The number of hydrogen-bond acceptors (Lipinski definition) is 3. The molecule has 0 atom stereocenters. The van der Waals surface area contributed by atoms with Gasteiger partial charge < -0.3 is 0 Å². The molecular formula is C9H6FNO3S. The molecule has 1 rings (SSSR count). The van der Waals surface area contributed by atoms with E-state index in [-0.39, 0.29) is 5.56 Å². The average molecular weight is 227 g/mol. The minimum atomic E-state index is -3.99. The quantitative estimate of drug-likeness (QED) is 0.580. The van der Waals surface area contributed by atoms with Crippen LogP contribution in [0.15, 0.2) is 34.1 Å². The molecule has 0 N–H and O–H groups in total. The first-order valence-corrected chi connectivity index (χ1v) is 5.32. The van der Waals surface area contributed by atoms with Crippen molar-refractivity contribution in [3.63, 3.8) is 0 Å². The summed E-state index contributed by atoms with van der Waals surface area (Å²) in [6, 6.07) is 5.62. The third-order valence-electron chi connectivity index (χ3n) is 1.49. The molecule has 0 aromatic heterocycles. The van der Waals surface area contributed by atoms with Crippen LogP contribution in [0, 0.1) is 5.82 Å². The van der Waals surface area contributed by atoms with E-state index in [0.29, 0.717) is 5.41 Å². The Morgan fingerprint density at radius 3 is 2.60 bits per heavy atom. The Morgan fingerprint density at radius 1 is 1.33 bits per heavy atom. The van der Waals surface area contributed by atoms with Crippen molar-refractivity contribution in [2.75, 3.05) is 0 Å². The Hall–Kier alpha value is -1.78. The molecule has 78 valence electrons. The molecule has 0 saturated carbocycles. The third-order valence-corrected chi connectivity index (χ3v) is 2.30. The molecule has 0 heterocycles. The van der Waals surface area contributed by atoms with Crippen LogP contribution >= 0.6 is 0 Å². The van der Waals surface area contributed by atoms with Crippen molar-refractivity contribution < 1.29 is 17.6 Å². The zero-order valence-electron chi connectivity index (χ0n) is 7.42. The summed E-state index contributed by atoms with van der Waals surface area (Å²) in [5.74, 6) is -0.556. The van der Waals surface area contributed by atoms with Gasteiger partial charge in [-0.15, -0.1) is 0 Å². The predicted molar refractivity (Wildman–Crippen MR) is 52.5 cm³/mol. The van der Waals surface area contributed by atoms with Gasteiger partial charge in [-0.25, -0.2) is 9.18 Å². The number of hydrogen-bond donors (Lipinski definition) is 0. The van der Waals surface area contributed by atoms with E-state index in [1.807, 2.05) is 0 Å². The average Bonchev–Trinajstić information content (AvgIpc) is 2.16. The van der Waals surface area contributed by atoms with Crippen molar-refractivity contribution in [2.24, 2.45) is 4.40 Å². The van der Waals surface area contributed by atoms with Crippen LogP contribution in [0.1, 0.15) is 5.56 Å². The van der Waals surface area contributed by atoms with Crippen molar-refractivity contribution in [1.82, 2.24) is 0 Å². The topological polar surface area (TPSA) is 63.6 Å². The van der Waals surface area contributed by atoms with E-state index < -0.39 is 15.8 Å². The minimum Gasteiger partial charge on any atom is -0.210 e. The van der Waals surface area contributed by atoms with Crippen LogP contribution in [0.4, 0.5) is 4.39 Å². The Bertz CT molecular complexity index is 530. The molecule has 0 spiro atoms. The lowest BCUT2D eigenvalue weighted by atomic mass is 10.2. The molecule has 0 bridgehead atoms. The fraction of sp³-hybridized carbons (Fsp3) is 0. The summed E-state index contributed by atoms with van der Waals surface area (Å²) in [5.41, 5.74) is 0.0992. The van der Waals surface area contributed by atoms with Gasteiger partial charge in [0.2, 0.25) is 0 Å². The van der Waals surface area contributed by atoms with Gasteiger partial charge in [0.05, 0.1) is 5.41 Å². The number of isocyanates is 1. The number of benzene rings is 1. The Kier molecular flexibility index (Phi) is 3.49. The molecule has 1 aromatic carbocycles. The highest BCUT2D eigenvalue weighted by Crippen LogP contribution is 2.09. The highest BCUT2D eigenvalue weighted by atomic mass is 32.2. The fourth-order valence-electron chi connectivity index (χ4n) is 0.852. The number of halogens is 1. The normalized spacial score (nSPS) is 11.3. The molecule has 0 aliphatic heterocycles. The Morgan fingerprint density at radius 2 is 2.00 bits per heavy atom. The summed E-state index contributed by atoms with van der Waals surface area (Å²) in [7, 11) is -3.99. The molecule has 0 radical (unpaired) electrons. The first kappa shape index (κ1) is 11.3. The second kappa shape index (κ2) is 4.63. The van der Waals surface area contributed by atoms with Crippen LogP contribution in [-0.4, -0.2) is 14.5 Å². The molecule has 0 amide bonds. The molecule has 0 aliphatic carbocycles. The van der Waals surface area contributed by atoms with Crippen LogP contribution in [0.2, 0.25) is 0 Å². The zero-order valence-corrected chi connectivity index (χ0v) is 8.24. The van der Waals surface area contributed by atoms with Gasteiger partial charge in [0.15, 0.2) is 0 Å². The van der Waals surface area contributed by atoms with Gasteiger partial charge in [-0.05, 0) is 12.1 Å². The van der Waals surface area contributed by atoms with Gasteiger partial charge in [-0.3, -0.25) is 0 Å². The SMILES string of the molecule is O=C=NS(=O)(=O)/C=C/c1ccccc1F. The largest absolute Gasteiger partial charge is 0.285 e. The molecule has 4 nitrogen and oxygen atoms in total. The van der Waals surface area contributed by atoms with Crippen molar-refractivity contribution in [2.45, 2.75) is 0 Å². The van der Waals surface area contributed by atoms with Crippen molar-refractivity contribution in [3.05, 3.63) is 41.1 Å². The van der Waals surface area contributed by atoms with E-state index in [9.17, 15) is 17.6 Å². The lowest BCUT2D eigenvalue weighted by molar-refractivity contribution is 0.564. The van der Waals surface area contributed by atoms with Crippen LogP contribution in [0.5, 0.6) is 0 Å². The van der Waals surface area contributed by atoms with Crippen molar-refractivity contribution >= 4 is 22.2 Å². The van der Waals surface area contributed by atoms with Gasteiger partial charge in [0.1, 0.15) is 5.82 Å². The summed E-state index contributed by atoms with van der Waals surface area (Å²) in [6.45, 7) is 0. The molecular weight excluding hydrogens is 221 g/mol. The summed E-state index contributed by atoms with van der Waals surface area (Å²) in [4.78, 5) is 9.72. The maximum atomic E-state index is 13.0. The third kappa shape index (κ3) is 3.46. The highest BCUT2D eigenvalue weighted by molar-refractivity contribution is 7.93. The van der Waals surface area contributed by atoms with Crippen LogP contribution in [-0.2, 0) is 14.8 Å². The summed E-state index contributed by atoms with van der Waals surface area (Å²) >= 11 is 0. The van der Waals surface area contributed by atoms with Crippen LogP contribution < -0.4 is 0 Å². The highest BCUT2D eigenvalue weighted by Gasteiger charge is 2.02. The standard InChI is InChI=1S/C9H6FNO3S/c10-9-4-2-1-3-8(9)5-6-15(13,14)11-7-12/h1-6H/b6-5+. The second-order valence-electron chi connectivity index (χ2n) is 2.52. The van der Waals surface area contributed by atoms with Gasteiger partial charge in [-0.2, -0.15) is 8.42 Å². The molecule has 6 heteroatoms. The van der Waals surface area contributed by atoms with Crippen molar-refractivity contribution in [1.29, 1.82) is 0 Å². The monoisotopic (exact) mass is 227 g/mol. The van der Waals surface area contributed by atoms with Crippen molar-refractivity contribution in [3.8, 4) is 0 Å². The second-order valence-corrected chi connectivity index (χ2v) is 4.01. The lowest BCUT2D eigenvalue weighted by Crippen LogP contribution is -1.88. The fourth-order valence-corrected chi connectivity index (χ4v) is 1.34. The molecule has 1 aromatic rings. The van der Waals surface area contributed by atoms with E-state index in [1.54, 1.807) is 6.07 Å². The number of carbonyl (C=O) groups excluding carboxylic acids is 1. The van der Waals surface area contributed by atoms with Crippen LogP contribution in [0.25, 0.3) is 6.08 Å². The first-order valence-electron chi connectivity index (χ1n) is 3.82. The molecule has 0 aliphatic rings. The molecule has 0 unspecified atom stereocenters. The van der Waals surface area contributed by atoms with Gasteiger partial charge >= 0.3 is 0 Å². The number of sulfonamides is 1. The Labute approximate surface area is 85.8 Å². The predicted octanol–water partition coefficient (Wildman–Crippen LogP) is 1.46. The lowest BCUT2D eigenvalue weighted by Gasteiger charge is -1.93. The van der Waals surface area contributed by atoms with E-state index in [2.05, 4.69) is 4.40 Å². The Balaban J connectivity index is 3.02.